The van der Waals surface area contributed by atoms with Gasteiger partial charge in [0, 0.05) is 15.9 Å². The van der Waals surface area contributed by atoms with Gasteiger partial charge in [0.25, 0.3) is 5.91 Å². The SMILES string of the molecule is O=C(O)C1=NOC(C(=O)Nc2ccc(Cl)cc2Br)C1. The van der Waals surface area contributed by atoms with Crippen molar-refractivity contribution in [3.63, 3.8) is 0 Å². The van der Waals surface area contributed by atoms with Crippen LogP contribution in [-0.2, 0) is 14.4 Å². The third-order valence-corrected chi connectivity index (χ3v) is 3.29. The van der Waals surface area contributed by atoms with Crippen LogP contribution in [0.25, 0.3) is 0 Å². The lowest BCUT2D eigenvalue weighted by Gasteiger charge is -2.10. The maximum absolute atomic E-state index is 11.9. The number of carboxylic acids is 1. The van der Waals surface area contributed by atoms with E-state index in [2.05, 4.69) is 26.4 Å². The second-order valence-electron chi connectivity index (χ2n) is 3.75. The number of halogens is 2. The number of nitrogens with zero attached hydrogens (tertiary/aromatic N) is 1. The van der Waals surface area contributed by atoms with E-state index in [0.717, 1.165) is 0 Å². The van der Waals surface area contributed by atoms with Crippen LogP contribution in [0.2, 0.25) is 5.02 Å². The molecule has 0 aromatic heterocycles. The monoisotopic (exact) mass is 346 g/mol. The van der Waals surface area contributed by atoms with Crippen molar-refractivity contribution in [2.75, 3.05) is 5.32 Å². The molecule has 0 radical (unpaired) electrons. The summed E-state index contributed by atoms with van der Waals surface area (Å²) >= 11 is 9.04. The van der Waals surface area contributed by atoms with Crippen LogP contribution in [0.5, 0.6) is 0 Å². The predicted molar refractivity (Wildman–Crippen MR) is 72.3 cm³/mol. The number of benzene rings is 1. The molecule has 0 bridgehead atoms. The molecule has 1 aromatic carbocycles. The van der Waals surface area contributed by atoms with Gasteiger partial charge in [0.15, 0.2) is 5.71 Å². The maximum atomic E-state index is 11.9. The van der Waals surface area contributed by atoms with Crippen molar-refractivity contribution in [1.29, 1.82) is 0 Å². The Morgan fingerprint density at radius 3 is 2.84 bits per heavy atom. The van der Waals surface area contributed by atoms with Crippen LogP contribution in [0, 0.1) is 0 Å². The molecular formula is C11H8BrClN2O4. The zero-order valence-electron chi connectivity index (χ0n) is 9.39. The van der Waals surface area contributed by atoms with Crippen molar-refractivity contribution in [1.82, 2.24) is 0 Å². The highest BCUT2D eigenvalue weighted by Crippen LogP contribution is 2.26. The predicted octanol–water partition coefficient (Wildman–Crippen LogP) is 2.27. The smallest absolute Gasteiger partial charge is 0.353 e. The summed E-state index contributed by atoms with van der Waals surface area (Å²) in [5.74, 6) is -1.66. The summed E-state index contributed by atoms with van der Waals surface area (Å²) in [6, 6.07) is 4.88. The van der Waals surface area contributed by atoms with Crippen LogP contribution in [0.1, 0.15) is 6.42 Å². The van der Waals surface area contributed by atoms with Crippen molar-refractivity contribution >= 4 is 50.8 Å². The Morgan fingerprint density at radius 1 is 1.53 bits per heavy atom. The highest BCUT2D eigenvalue weighted by atomic mass is 79.9. The fraction of sp³-hybridized carbons (Fsp3) is 0.182. The molecule has 0 saturated carbocycles. The van der Waals surface area contributed by atoms with E-state index in [9.17, 15) is 9.59 Å². The van der Waals surface area contributed by atoms with Gasteiger partial charge in [-0.1, -0.05) is 16.8 Å². The summed E-state index contributed by atoms with van der Waals surface area (Å²) in [4.78, 5) is 27.3. The number of aliphatic carboxylic acids is 1. The lowest BCUT2D eigenvalue weighted by atomic mass is 10.1. The number of rotatable bonds is 3. The Bertz CT molecular complexity index is 576. The molecule has 1 unspecified atom stereocenters. The Hall–Kier alpha value is -1.60. The molecule has 0 fully saturated rings. The van der Waals surface area contributed by atoms with Gasteiger partial charge in [0.05, 0.1) is 5.69 Å². The van der Waals surface area contributed by atoms with Crippen LogP contribution in [0.4, 0.5) is 5.69 Å². The van der Waals surface area contributed by atoms with Crippen molar-refractivity contribution in [2.45, 2.75) is 12.5 Å². The Labute approximate surface area is 121 Å². The molecule has 2 rings (SSSR count). The van der Waals surface area contributed by atoms with Gasteiger partial charge in [-0.25, -0.2) is 4.79 Å². The van der Waals surface area contributed by atoms with Crippen LogP contribution >= 0.6 is 27.5 Å². The standard InChI is InChI=1S/C11H8BrClN2O4/c12-6-3-5(13)1-2-7(6)14-10(16)9-4-8(11(17)18)15-19-9/h1-3,9H,4H2,(H,14,16)(H,17,18). The molecule has 0 spiro atoms. The molecule has 8 heteroatoms. The third-order valence-electron chi connectivity index (χ3n) is 2.40. The largest absolute Gasteiger partial charge is 0.477 e. The summed E-state index contributed by atoms with van der Waals surface area (Å²) in [6.45, 7) is 0. The van der Waals surface area contributed by atoms with Crippen molar-refractivity contribution in [3.8, 4) is 0 Å². The first-order valence-electron chi connectivity index (χ1n) is 5.19. The molecule has 0 aliphatic carbocycles. The van der Waals surface area contributed by atoms with Gasteiger partial charge in [-0.2, -0.15) is 0 Å². The van der Waals surface area contributed by atoms with Gasteiger partial charge in [-0.05, 0) is 34.1 Å². The van der Waals surface area contributed by atoms with Gasteiger partial charge in [0.1, 0.15) is 0 Å². The van der Waals surface area contributed by atoms with E-state index in [0.29, 0.717) is 15.2 Å². The van der Waals surface area contributed by atoms with Gasteiger partial charge in [-0.15, -0.1) is 0 Å². The summed E-state index contributed by atoms with van der Waals surface area (Å²) in [7, 11) is 0. The van der Waals surface area contributed by atoms with Gasteiger partial charge < -0.3 is 15.3 Å². The van der Waals surface area contributed by atoms with Crippen LogP contribution in [0.15, 0.2) is 27.8 Å². The van der Waals surface area contributed by atoms with E-state index in [1.165, 1.54) is 0 Å². The van der Waals surface area contributed by atoms with E-state index in [-0.39, 0.29) is 12.1 Å². The Kier molecular flexibility index (Phi) is 4.06. The number of hydrogen-bond donors (Lipinski definition) is 2. The highest BCUT2D eigenvalue weighted by molar-refractivity contribution is 9.10. The molecule has 1 aromatic rings. The summed E-state index contributed by atoms with van der Waals surface area (Å²) in [6.07, 6.45) is -1.000. The number of carbonyl (C=O) groups is 2. The first-order chi connectivity index (χ1) is 8.97. The Balaban J connectivity index is 2.01. The first kappa shape index (κ1) is 13.8. The molecule has 1 amide bonds. The molecule has 6 nitrogen and oxygen atoms in total. The minimum Gasteiger partial charge on any atom is -0.477 e. The normalized spacial score (nSPS) is 17.6. The van der Waals surface area contributed by atoms with Crippen LogP contribution in [0.3, 0.4) is 0 Å². The molecule has 0 saturated heterocycles. The zero-order valence-corrected chi connectivity index (χ0v) is 11.7. The molecule has 19 heavy (non-hydrogen) atoms. The molecular weight excluding hydrogens is 339 g/mol. The van der Waals surface area contributed by atoms with Gasteiger partial charge in [-0.3, -0.25) is 4.79 Å². The number of carbonyl (C=O) groups excluding carboxylic acids is 1. The number of hydrogen-bond acceptors (Lipinski definition) is 4. The highest BCUT2D eigenvalue weighted by Gasteiger charge is 2.31. The average molecular weight is 348 g/mol. The van der Waals surface area contributed by atoms with E-state index < -0.39 is 18.0 Å². The number of oxime groups is 1. The minimum atomic E-state index is -1.19. The van der Waals surface area contributed by atoms with Crippen molar-refractivity contribution in [2.24, 2.45) is 5.16 Å². The second-order valence-corrected chi connectivity index (χ2v) is 5.05. The van der Waals surface area contributed by atoms with Gasteiger partial charge >= 0.3 is 5.97 Å². The minimum absolute atomic E-state index is 0.0631. The number of nitrogens with one attached hydrogen (secondary N) is 1. The first-order valence-corrected chi connectivity index (χ1v) is 6.36. The van der Waals surface area contributed by atoms with Crippen LogP contribution in [-0.4, -0.2) is 28.8 Å². The summed E-state index contributed by atoms with van der Waals surface area (Å²) in [5, 5.41) is 15.2. The fourth-order valence-corrected chi connectivity index (χ4v) is 2.23. The topological polar surface area (TPSA) is 88.0 Å². The van der Waals surface area contributed by atoms with E-state index in [1.807, 2.05) is 0 Å². The number of carboxylic acid groups (broad SMARTS) is 1. The third kappa shape index (κ3) is 3.24. The van der Waals surface area contributed by atoms with E-state index >= 15 is 0 Å². The lowest BCUT2D eigenvalue weighted by Crippen LogP contribution is -2.29. The molecule has 1 aliphatic rings. The number of anilines is 1. The maximum Gasteiger partial charge on any atom is 0.353 e. The fourth-order valence-electron chi connectivity index (χ4n) is 1.45. The molecule has 2 N–H and O–H groups in total. The van der Waals surface area contributed by atoms with Crippen LogP contribution < -0.4 is 5.32 Å². The Morgan fingerprint density at radius 2 is 2.26 bits per heavy atom. The quantitative estimate of drug-likeness (QED) is 0.878. The van der Waals surface area contributed by atoms with E-state index in [4.69, 9.17) is 21.5 Å². The van der Waals surface area contributed by atoms with E-state index in [1.54, 1.807) is 18.2 Å². The molecule has 1 atom stereocenters. The molecule has 1 heterocycles. The zero-order chi connectivity index (χ0) is 14.0. The lowest BCUT2D eigenvalue weighted by molar-refractivity contribution is -0.129. The molecule has 100 valence electrons. The molecule has 1 aliphatic heterocycles. The van der Waals surface area contributed by atoms with Crippen molar-refractivity contribution in [3.05, 3.63) is 27.7 Å². The van der Waals surface area contributed by atoms with Gasteiger partial charge in [0.2, 0.25) is 6.10 Å². The second kappa shape index (κ2) is 5.58. The average Bonchev–Trinajstić information content (AvgIpc) is 2.82. The summed E-state index contributed by atoms with van der Waals surface area (Å²) < 4.78 is 0.616. The summed E-state index contributed by atoms with van der Waals surface area (Å²) in [5.41, 5.74) is 0.345. The number of amides is 1. The van der Waals surface area contributed by atoms with Crippen molar-refractivity contribution < 1.29 is 19.5 Å².